The van der Waals surface area contributed by atoms with Gasteiger partial charge in [0, 0.05) is 138 Å². The number of halogens is 2. The molecule has 0 spiro atoms. The molecule has 3 N–H and O–H groups in total. The quantitative estimate of drug-likeness (QED) is 0.0683. The van der Waals surface area contributed by atoms with E-state index in [1.807, 2.05) is 105 Å². The molecule has 750 valence electrons. The minimum absolute atomic E-state index is 0.0355. The predicted octanol–water partition coefficient (Wildman–Crippen LogP) is 28.0. The second kappa shape index (κ2) is 42.4. The molecule has 2 aliphatic heterocycles. The van der Waals surface area contributed by atoms with Gasteiger partial charge in [-0.1, -0.05) is 151 Å². The first-order valence-corrected chi connectivity index (χ1v) is 51.9. The van der Waals surface area contributed by atoms with Gasteiger partial charge < -0.3 is 76.9 Å². The number of aryl methyl sites for hydroxylation is 4. The molecule has 20 heteroatoms. The molecule has 0 radical (unpaired) electrons. The van der Waals surface area contributed by atoms with Crippen molar-refractivity contribution in [3.05, 3.63) is 145 Å². The average Bonchev–Trinajstić information content (AvgIpc) is 0.700. The SMILES string of the molecule is CC1(C)CCC[C@]2(C)[C@@H](CO)[C@](C)(O)CC[C@@H]12.COc1cc(Br)cc(OC)c1.COc1cc(I)cc(OC)c1.COc1cc(OC)c2c(c1)OC[C@@H]1[C@@]3(C)CCCC(C)(C)[C@@H]3CC[C@@]21C.COc1cc(OC)c2c(c1)OC[C@@H]1[C@@]3(C)CCCC(C)(C)[C@@H]3CC[C@@]21C.COc1cc(OC)cc(OC[C@@H]2[C@@]3(C)CCCC(C)(C)[C@@H]3CC[C@@]2(C)O)c1.Cc1cnc2c(ccc3c(C)c(C)cnc32)c1C. The van der Waals surface area contributed by atoms with Crippen LogP contribution in [-0.2, 0) is 10.8 Å². The lowest BCUT2D eigenvalue weighted by atomic mass is 9.42. The van der Waals surface area contributed by atoms with E-state index in [1.165, 1.54) is 134 Å². The summed E-state index contributed by atoms with van der Waals surface area (Å²) in [6, 6.07) is 29.4. The van der Waals surface area contributed by atoms with Crippen LogP contribution in [0.2, 0.25) is 0 Å². The Morgan fingerprint density at radius 2 is 0.662 bits per heavy atom. The first-order valence-electron chi connectivity index (χ1n) is 50.1. The lowest BCUT2D eigenvalue weighted by Gasteiger charge is -2.63. The zero-order valence-corrected chi connectivity index (χ0v) is 91.9. The molecular formula is C116H166BrIN2O16. The van der Waals surface area contributed by atoms with E-state index in [0.717, 1.165) is 146 Å². The lowest BCUT2D eigenvalue weighted by molar-refractivity contribution is -0.178. The molecule has 10 aliphatic rings. The Morgan fingerprint density at radius 3 is 1.01 bits per heavy atom. The minimum atomic E-state index is -0.707. The number of benzene rings is 6. The van der Waals surface area contributed by atoms with Crippen molar-refractivity contribution in [3.8, 4) is 74.7 Å². The number of pyridine rings is 2. The van der Waals surface area contributed by atoms with Gasteiger partial charge in [-0.2, -0.15) is 0 Å². The molecule has 4 heterocycles. The van der Waals surface area contributed by atoms with Gasteiger partial charge in [-0.15, -0.1) is 0 Å². The molecule has 136 heavy (non-hydrogen) atoms. The minimum Gasteiger partial charge on any atom is -0.497 e. The highest BCUT2D eigenvalue weighted by atomic mass is 127. The van der Waals surface area contributed by atoms with Crippen molar-refractivity contribution in [1.29, 1.82) is 0 Å². The van der Waals surface area contributed by atoms with Gasteiger partial charge >= 0.3 is 0 Å². The molecule has 0 bridgehead atoms. The monoisotopic (exact) mass is 2050 g/mol. The van der Waals surface area contributed by atoms with Crippen molar-refractivity contribution in [3.63, 3.8) is 0 Å². The molecule has 8 aliphatic carbocycles. The summed E-state index contributed by atoms with van der Waals surface area (Å²) in [7, 11) is 16.7. The van der Waals surface area contributed by atoms with Crippen LogP contribution in [0.25, 0.3) is 21.8 Å². The van der Waals surface area contributed by atoms with Crippen molar-refractivity contribution in [2.45, 2.75) is 289 Å². The average molecular weight is 2050 g/mol. The molecule has 18 rings (SSSR count). The second-order valence-corrected chi connectivity index (χ2v) is 48.3. The van der Waals surface area contributed by atoms with Crippen LogP contribution in [0.15, 0.2) is 108 Å². The normalized spacial score (nSPS) is 30.6. The van der Waals surface area contributed by atoms with E-state index in [4.69, 9.17) is 61.6 Å². The van der Waals surface area contributed by atoms with Crippen LogP contribution in [0.1, 0.15) is 273 Å². The lowest BCUT2D eigenvalue weighted by Crippen LogP contribution is -2.59. The largest absolute Gasteiger partial charge is 0.497 e. The maximum absolute atomic E-state index is 11.3. The molecule has 2 aromatic heterocycles. The molecule has 0 saturated heterocycles. The molecule has 16 atom stereocenters. The smallest absolute Gasteiger partial charge is 0.130 e. The maximum Gasteiger partial charge on any atom is 0.130 e. The first-order chi connectivity index (χ1) is 64.0. The molecular weight excluding hydrogens is 1880 g/mol. The molecule has 18 nitrogen and oxygen atoms in total. The fraction of sp³-hybridized carbons (Fsp3) is 0.638. The second-order valence-electron chi connectivity index (χ2n) is 46.1. The Hall–Kier alpha value is -7.37. The Kier molecular flexibility index (Phi) is 33.5. The number of methoxy groups -OCH3 is 10. The van der Waals surface area contributed by atoms with Crippen LogP contribution < -0.4 is 61.6 Å². The highest BCUT2D eigenvalue weighted by Crippen LogP contribution is 2.71. The molecule has 8 saturated carbocycles. The van der Waals surface area contributed by atoms with Gasteiger partial charge in [0.15, 0.2) is 0 Å². The first kappa shape index (κ1) is 107. The summed E-state index contributed by atoms with van der Waals surface area (Å²) in [6.45, 7) is 48.8. The number of aromatic nitrogens is 2. The molecule has 0 amide bonds. The molecule has 6 aromatic carbocycles. The third-order valence-corrected chi connectivity index (χ3v) is 37.6. The Bertz CT molecular complexity index is 5100. The molecule has 8 fully saturated rings. The van der Waals surface area contributed by atoms with Gasteiger partial charge in [-0.25, -0.2) is 0 Å². The molecule has 8 aromatic rings. The zero-order chi connectivity index (χ0) is 99.7. The summed E-state index contributed by atoms with van der Waals surface area (Å²) in [4.78, 5) is 9.16. The predicted molar refractivity (Wildman–Crippen MR) is 561 cm³/mol. The van der Waals surface area contributed by atoms with E-state index in [0.29, 0.717) is 74.3 Å². The third-order valence-electron chi connectivity index (χ3n) is 36.5. The number of aliphatic hydroxyl groups excluding tert-OH is 1. The number of nitrogens with zero attached hydrogens (tertiary/aromatic N) is 2. The number of rotatable bonds is 14. The van der Waals surface area contributed by atoms with Crippen molar-refractivity contribution >= 4 is 60.3 Å². The van der Waals surface area contributed by atoms with Gasteiger partial charge in [0.2, 0.25) is 0 Å². The Morgan fingerprint density at radius 1 is 0.360 bits per heavy atom. The number of hydrogen-bond acceptors (Lipinski definition) is 18. The van der Waals surface area contributed by atoms with E-state index in [9.17, 15) is 15.3 Å². The van der Waals surface area contributed by atoms with Crippen LogP contribution in [0.3, 0.4) is 0 Å². The van der Waals surface area contributed by atoms with E-state index in [1.54, 1.807) is 71.1 Å². The summed E-state index contributed by atoms with van der Waals surface area (Å²) >= 11 is 5.55. The highest BCUT2D eigenvalue weighted by Gasteiger charge is 2.65. The van der Waals surface area contributed by atoms with Crippen LogP contribution in [0, 0.1) is 122 Å². The van der Waals surface area contributed by atoms with Crippen molar-refractivity contribution < 1.29 is 76.9 Å². The number of hydrogen-bond donors (Lipinski definition) is 3. The fourth-order valence-electron chi connectivity index (χ4n) is 29.0. The van der Waals surface area contributed by atoms with Crippen molar-refractivity contribution in [2.24, 2.45) is 90.7 Å². The number of fused-ring (bicyclic) bond motifs is 15. The van der Waals surface area contributed by atoms with Crippen molar-refractivity contribution in [2.75, 3.05) is 97.5 Å². The van der Waals surface area contributed by atoms with Gasteiger partial charge in [-0.05, 0) is 280 Å². The van der Waals surface area contributed by atoms with Gasteiger partial charge in [-0.3, -0.25) is 9.97 Å². The Balaban J connectivity index is 0.000000146. The van der Waals surface area contributed by atoms with Crippen LogP contribution in [-0.4, -0.2) is 134 Å². The van der Waals surface area contributed by atoms with Crippen LogP contribution >= 0.6 is 38.5 Å². The fourth-order valence-corrected chi connectivity index (χ4v) is 30.1. The maximum atomic E-state index is 11.3. The molecule has 0 unspecified atom stereocenters. The topological polar surface area (TPSA) is 206 Å². The van der Waals surface area contributed by atoms with Crippen molar-refractivity contribution in [1.82, 2.24) is 9.97 Å². The number of ether oxygens (including phenoxy) is 13. The summed E-state index contributed by atoms with van der Waals surface area (Å²) in [5, 5.41) is 34.0. The highest BCUT2D eigenvalue weighted by molar-refractivity contribution is 14.1. The van der Waals surface area contributed by atoms with E-state index in [-0.39, 0.29) is 40.1 Å². The standard InChI is InChI=1S/C23H36O4.2C23H34O3.C16H16N2.C15H28O2.C8H9BrO2.C8H9IO2/c1-21(2)9-7-10-22(3)19(21)8-11-23(4,24)20(22)15-27-18-13-16(25-5)12-17(14-18)26-6;2*1-21(2)9-7-10-22(3)18(21)8-11-23(4)19(22)14-26-17-13-15(24-5)12-16(25-6)20(17)23;1-9-7-17-15-13(11(9)3)5-6-14-12(4)10(2)8-18-16(14)15;1-13(2)7-5-8-14(3)11(13)6-9-15(4,17)12(14)10-16;2*1-10-7-3-6(9)4-8(5-7)11-2/h12-14,19-20,24H,7-11,15H2,1-6H3;2*12-13,18-19H,7-11,14H2,1-6H3;5-8H,1-4H3;11-12,16-17H,5-10H2,1-4H3;2*3-5H,1-2H3/t19-,20+,22-,23+;2*18-,19+,22-,23+;;11-,12+,14-,15+;;/m000.0../s1. The van der Waals surface area contributed by atoms with E-state index < -0.39 is 11.2 Å². The van der Waals surface area contributed by atoms with Crippen LogP contribution in [0.4, 0.5) is 0 Å². The number of aliphatic hydroxyl groups is 3. The van der Waals surface area contributed by atoms with E-state index >= 15 is 0 Å². The van der Waals surface area contributed by atoms with Gasteiger partial charge in [0.05, 0.1) is 113 Å². The van der Waals surface area contributed by atoms with Gasteiger partial charge in [0.1, 0.15) is 74.7 Å². The summed E-state index contributed by atoms with van der Waals surface area (Å²) in [6.07, 6.45) is 28.1. The Labute approximate surface area is 837 Å². The third kappa shape index (κ3) is 21.5. The summed E-state index contributed by atoms with van der Waals surface area (Å²) in [5.74, 6) is 14.7. The summed E-state index contributed by atoms with van der Waals surface area (Å²) < 4.78 is 74.5. The zero-order valence-electron chi connectivity index (χ0n) is 88.2. The van der Waals surface area contributed by atoms with Crippen LogP contribution in [0.5, 0.6) is 74.7 Å². The summed E-state index contributed by atoms with van der Waals surface area (Å²) in [5.41, 5.74) is 10.8. The van der Waals surface area contributed by atoms with E-state index in [2.05, 4.69) is 185 Å². The van der Waals surface area contributed by atoms with Gasteiger partial charge in [0.25, 0.3) is 0 Å².